The number of hydrogen-bond donors (Lipinski definition) is 2. The number of carbonyl (C=O) groups excluding carboxylic acids is 2. The van der Waals surface area contributed by atoms with Crippen molar-refractivity contribution in [3.63, 3.8) is 0 Å². The normalized spacial score (nSPS) is 19.0. The monoisotopic (exact) mass is 413 g/mol. The van der Waals surface area contributed by atoms with Gasteiger partial charge in [0.1, 0.15) is 6.54 Å². The summed E-state index contributed by atoms with van der Waals surface area (Å²) in [7, 11) is 0. The molecule has 2 aromatic rings. The molecule has 4 nitrogen and oxygen atoms in total. The van der Waals surface area contributed by atoms with Crippen LogP contribution in [0.3, 0.4) is 0 Å². The average Bonchev–Trinajstić information content (AvgIpc) is 2.71. The van der Waals surface area contributed by atoms with Gasteiger partial charge < -0.3 is 10.2 Å². The van der Waals surface area contributed by atoms with Crippen molar-refractivity contribution in [2.45, 2.75) is 52.1 Å². The number of ketones is 1. The molecular formula is C24H30ClN2O2+. The summed E-state index contributed by atoms with van der Waals surface area (Å²) in [5.41, 5.74) is 4.26. The van der Waals surface area contributed by atoms with Crippen LogP contribution in [0.5, 0.6) is 0 Å². The zero-order valence-corrected chi connectivity index (χ0v) is 18.0. The van der Waals surface area contributed by atoms with Gasteiger partial charge in [-0.2, -0.15) is 0 Å². The molecule has 2 N–H and O–H groups in total. The number of likely N-dealkylation sites (tertiary alicyclic amines) is 1. The molecule has 1 fully saturated rings. The van der Waals surface area contributed by atoms with Gasteiger partial charge in [0.15, 0.2) is 5.78 Å². The summed E-state index contributed by atoms with van der Waals surface area (Å²) in [6.07, 6.45) is 2.46. The van der Waals surface area contributed by atoms with Gasteiger partial charge in [0.25, 0.3) is 0 Å². The van der Waals surface area contributed by atoms with Gasteiger partial charge in [-0.15, -0.1) is 0 Å². The number of benzene rings is 2. The van der Waals surface area contributed by atoms with Crippen LogP contribution in [0, 0.1) is 13.8 Å². The van der Waals surface area contributed by atoms with Crippen molar-refractivity contribution in [1.82, 2.24) is 5.32 Å². The van der Waals surface area contributed by atoms with E-state index >= 15 is 0 Å². The van der Waals surface area contributed by atoms with Gasteiger partial charge in [0.05, 0.1) is 13.1 Å². The highest BCUT2D eigenvalue weighted by Gasteiger charge is 2.23. The molecule has 154 valence electrons. The zero-order valence-electron chi connectivity index (χ0n) is 17.3. The molecular weight excluding hydrogens is 384 g/mol. The van der Waals surface area contributed by atoms with E-state index in [-0.39, 0.29) is 30.6 Å². The Labute approximate surface area is 178 Å². The van der Waals surface area contributed by atoms with E-state index in [1.54, 1.807) is 0 Å². The van der Waals surface area contributed by atoms with Gasteiger partial charge in [0, 0.05) is 47.9 Å². The van der Waals surface area contributed by atoms with Crippen LogP contribution in [0.25, 0.3) is 0 Å². The summed E-state index contributed by atoms with van der Waals surface area (Å²) in [5.74, 6) is 0.0128. The Bertz CT molecular complexity index is 856. The lowest BCUT2D eigenvalue weighted by molar-refractivity contribution is -0.918. The number of rotatable bonds is 7. The molecule has 1 aliphatic rings. The second kappa shape index (κ2) is 10.0. The Hall–Kier alpha value is -2.17. The molecule has 1 heterocycles. The van der Waals surface area contributed by atoms with E-state index in [9.17, 15) is 9.59 Å². The molecule has 0 aromatic heterocycles. The number of Topliss-reactive ketones (excluding diaryl/α,β-unsaturated/α-hetero) is 1. The maximum atomic E-state index is 12.4. The highest BCUT2D eigenvalue weighted by atomic mass is 35.5. The van der Waals surface area contributed by atoms with Crippen LogP contribution in [0.1, 0.15) is 52.7 Å². The third-order valence-electron chi connectivity index (χ3n) is 5.83. The standard InChI is InChI=1S/C24H29ClN2O2/c1-17-3-6-20(15-18(17)2)23(28)9-10-24(29)26-22-11-13-27(14-12-22)16-19-4-7-21(25)8-5-19/h3-8,15,22H,9-14,16H2,1-2H3,(H,26,29)/p+1. The van der Waals surface area contributed by atoms with Crippen LogP contribution in [0.4, 0.5) is 0 Å². The maximum absolute atomic E-state index is 12.4. The summed E-state index contributed by atoms with van der Waals surface area (Å²) >= 11 is 5.95. The number of piperidine rings is 1. The van der Waals surface area contributed by atoms with Crippen molar-refractivity contribution in [2.75, 3.05) is 13.1 Å². The largest absolute Gasteiger partial charge is 0.353 e. The molecule has 1 saturated heterocycles. The lowest BCUT2D eigenvalue weighted by Crippen LogP contribution is -3.12. The van der Waals surface area contributed by atoms with Gasteiger partial charge in [-0.25, -0.2) is 0 Å². The van der Waals surface area contributed by atoms with Crippen molar-refractivity contribution in [2.24, 2.45) is 0 Å². The third kappa shape index (κ3) is 6.41. The average molecular weight is 414 g/mol. The Balaban J connectivity index is 1.38. The Morgan fingerprint density at radius 3 is 2.34 bits per heavy atom. The molecule has 1 aliphatic heterocycles. The fourth-order valence-electron chi connectivity index (χ4n) is 3.82. The molecule has 0 saturated carbocycles. The van der Waals surface area contributed by atoms with Crippen LogP contribution in [-0.2, 0) is 11.3 Å². The molecule has 0 radical (unpaired) electrons. The number of amides is 1. The summed E-state index contributed by atoms with van der Waals surface area (Å²) < 4.78 is 0. The van der Waals surface area contributed by atoms with Gasteiger partial charge in [-0.05, 0) is 43.2 Å². The number of quaternary nitrogens is 1. The van der Waals surface area contributed by atoms with Crippen LogP contribution in [0.15, 0.2) is 42.5 Å². The van der Waals surface area contributed by atoms with E-state index in [4.69, 9.17) is 11.6 Å². The topological polar surface area (TPSA) is 50.6 Å². The fourth-order valence-corrected chi connectivity index (χ4v) is 3.95. The maximum Gasteiger partial charge on any atom is 0.220 e. The minimum atomic E-state index is -0.0201. The van der Waals surface area contributed by atoms with E-state index in [2.05, 4.69) is 17.4 Å². The Morgan fingerprint density at radius 1 is 1.00 bits per heavy atom. The fraction of sp³-hybridized carbons (Fsp3) is 0.417. The van der Waals surface area contributed by atoms with E-state index in [0.717, 1.165) is 43.1 Å². The predicted molar refractivity (Wildman–Crippen MR) is 116 cm³/mol. The summed E-state index contributed by atoms with van der Waals surface area (Å²) in [6.45, 7) is 7.09. The van der Waals surface area contributed by atoms with E-state index < -0.39 is 0 Å². The van der Waals surface area contributed by atoms with Crippen LogP contribution in [0.2, 0.25) is 5.02 Å². The van der Waals surface area contributed by atoms with E-state index in [1.807, 2.05) is 44.2 Å². The number of nitrogens with one attached hydrogen (secondary N) is 2. The van der Waals surface area contributed by atoms with Gasteiger partial charge in [0.2, 0.25) is 5.91 Å². The number of hydrogen-bond acceptors (Lipinski definition) is 2. The zero-order chi connectivity index (χ0) is 20.8. The quantitative estimate of drug-likeness (QED) is 0.684. The summed E-state index contributed by atoms with van der Waals surface area (Å²) in [6, 6.07) is 14.0. The van der Waals surface area contributed by atoms with Crippen LogP contribution in [-0.4, -0.2) is 30.8 Å². The van der Waals surface area contributed by atoms with Gasteiger partial charge >= 0.3 is 0 Å². The molecule has 5 heteroatoms. The van der Waals surface area contributed by atoms with Crippen molar-refractivity contribution in [1.29, 1.82) is 0 Å². The lowest BCUT2D eigenvalue weighted by atomic mass is 10.0. The molecule has 1 amide bonds. The lowest BCUT2D eigenvalue weighted by Gasteiger charge is -2.29. The first kappa shape index (κ1) is 21.5. The first-order valence-electron chi connectivity index (χ1n) is 10.4. The highest BCUT2D eigenvalue weighted by molar-refractivity contribution is 6.30. The third-order valence-corrected chi connectivity index (χ3v) is 6.09. The molecule has 0 atom stereocenters. The molecule has 29 heavy (non-hydrogen) atoms. The minimum absolute atomic E-state index is 0.0201. The van der Waals surface area contributed by atoms with Crippen molar-refractivity contribution in [3.05, 3.63) is 69.7 Å². The smallest absolute Gasteiger partial charge is 0.220 e. The molecule has 0 bridgehead atoms. The number of aryl methyl sites for hydroxylation is 2. The number of halogens is 1. The first-order valence-corrected chi connectivity index (χ1v) is 10.8. The van der Waals surface area contributed by atoms with Crippen LogP contribution < -0.4 is 10.2 Å². The summed E-state index contributed by atoms with van der Waals surface area (Å²) in [5, 5.41) is 3.88. The van der Waals surface area contributed by atoms with Crippen molar-refractivity contribution < 1.29 is 14.5 Å². The van der Waals surface area contributed by atoms with Gasteiger partial charge in [-0.3, -0.25) is 9.59 Å². The van der Waals surface area contributed by atoms with Gasteiger partial charge in [-0.1, -0.05) is 35.9 Å². The second-order valence-electron chi connectivity index (χ2n) is 8.12. The second-order valence-corrected chi connectivity index (χ2v) is 8.55. The molecule has 0 spiro atoms. The SMILES string of the molecule is Cc1ccc(C(=O)CCC(=O)NC2CC[NH+](Cc3ccc(Cl)cc3)CC2)cc1C. The molecule has 2 aromatic carbocycles. The Morgan fingerprint density at radius 2 is 1.69 bits per heavy atom. The Kier molecular flexibility index (Phi) is 7.45. The molecule has 3 rings (SSSR count). The molecule has 0 aliphatic carbocycles. The van der Waals surface area contributed by atoms with E-state index in [1.165, 1.54) is 16.0 Å². The highest BCUT2D eigenvalue weighted by Crippen LogP contribution is 2.13. The van der Waals surface area contributed by atoms with Crippen molar-refractivity contribution in [3.8, 4) is 0 Å². The molecule has 0 unspecified atom stereocenters. The minimum Gasteiger partial charge on any atom is -0.353 e. The summed E-state index contributed by atoms with van der Waals surface area (Å²) in [4.78, 5) is 26.2. The van der Waals surface area contributed by atoms with Crippen molar-refractivity contribution >= 4 is 23.3 Å². The first-order chi connectivity index (χ1) is 13.9. The van der Waals surface area contributed by atoms with Crippen LogP contribution >= 0.6 is 11.6 Å². The number of carbonyl (C=O) groups is 2. The predicted octanol–water partition coefficient (Wildman–Crippen LogP) is 3.28. The van der Waals surface area contributed by atoms with E-state index in [0.29, 0.717) is 5.56 Å².